The van der Waals surface area contributed by atoms with Crippen LogP contribution in [0.4, 0.5) is 5.69 Å². The summed E-state index contributed by atoms with van der Waals surface area (Å²) in [6.07, 6.45) is 0. The van der Waals surface area contributed by atoms with E-state index in [-0.39, 0.29) is 10.6 Å². The maximum absolute atomic E-state index is 13.2. The molecule has 0 aliphatic rings. The fourth-order valence-corrected chi connectivity index (χ4v) is 4.58. The summed E-state index contributed by atoms with van der Waals surface area (Å²) >= 11 is 0. The van der Waals surface area contributed by atoms with Gasteiger partial charge in [0.2, 0.25) is 10.0 Å². The van der Waals surface area contributed by atoms with E-state index in [0.29, 0.717) is 22.5 Å². The first-order valence-corrected chi connectivity index (χ1v) is 9.79. The molecule has 3 rings (SSSR count). The molecule has 1 unspecified atom stereocenters. The Labute approximate surface area is 157 Å². The van der Waals surface area contributed by atoms with E-state index in [1.54, 1.807) is 26.8 Å². The zero-order valence-electron chi connectivity index (χ0n) is 15.5. The van der Waals surface area contributed by atoms with Gasteiger partial charge < -0.3 is 4.42 Å². The zero-order valence-corrected chi connectivity index (χ0v) is 16.3. The number of hydrogen-bond acceptors (Lipinski definition) is 5. The molecule has 0 aliphatic heterocycles. The van der Waals surface area contributed by atoms with Crippen LogP contribution in [0.2, 0.25) is 0 Å². The first-order chi connectivity index (χ1) is 12.6. The number of nitro benzene ring substituents is 1. The van der Waals surface area contributed by atoms with E-state index in [1.165, 1.54) is 17.4 Å². The molecule has 0 saturated heterocycles. The number of para-hydroxylation sites is 1. The van der Waals surface area contributed by atoms with Gasteiger partial charge in [-0.1, -0.05) is 18.2 Å². The van der Waals surface area contributed by atoms with Crippen molar-refractivity contribution < 1.29 is 17.8 Å². The van der Waals surface area contributed by atoms with E-state index < -0.39 is 21.0 Å². The minimum absolute atomic E-state index is 0.0698. The lowest BCUT2D eigenvalue weighted by atomic mass is 10.1. The third-order valence-corrected chi connectivity index (χ3v) is 6.93. The van der Waals surface area contributed by atoms with Crippen LogP contribution in [-0.2, 0) is 10.0 Å². The van der Waals surface area contributed by atoms with Gasteiger partial charge in [0.05, 0.1) is 15.9 Å². The molecule has 0 spiro atoms. The number of fused-ring (bicyclic) bond motifs is 1. The number of hydrogen-bond donors (Lipinski definition) is 0. The van der Waals surface area contributed by atoms with E-state index in [4.69, 9.17) is 4.42 Å². The van der Waals surface area contributed by atoms with Crippen LogP contribution in [0.5, 0.6) is 0 Å². The third-order valence-electron chi connectivity index (χ3n) is 4.87. The summed E-state index contributed by atoms with van der Waals surface area (Å²) in [4.78, 5) is 10.5. The van der Waals surface area contributed by atoms with Crippen molar-refractivity contribution in [3.05, 3.63) is 69.5 Å². The number of aryl methyl sites for hydroxylation is 1. The summed E-state index contributed by atoms with van der Waals surface area (Å²) < 4.78 is 33.3. The normalized spacial score (nSPS) is 13.2. The highest BCUT2D eigenvalue weighted by atomic mass is 32.2. The van der Waals surface area contributed by atoms with Crippen molar-refractivity contribution in [3.63, 3.8) is 0 Å². The van der Waals surface area contributed by atoms with Crippen LogP contribution >= 0.6 is 0 Å². The average Bonchev–Trinajstić information content (AvgIpc) is 3.06. The van der Waals surface area contributed by atoms with Crippen LogP contribution in [-0.4, -0.2) is 24.7 Å². The molecule has 7 nitrogen and oxygen atoms in total. The molecule has 0 aliphatic carbocycles. The Kier molecular flexibility index (Phi) is 4.79. The lowest BCUT2D eigenvalue weighted by Crippen LogP contribution is -2.30. The summed E-state index contributed by atoms with van der Waals surface area (Å²) in [7, 11) is -2.52. The van der Waals surface area contributed by atoms with Crippen molar-refractivity contribution in [1.29, 1.82) is 0 Å². The molecule has 142 valence electrons. The van der Waals surface area contributed by atoms with Crippen LogP contribution in [0.1, 0.15) is 29.9 Å². The molecule has 0 fully saturated rings. The first kappa shape index (κ1) is 19.1. The maximum Gasteiger partial charge on any atom is 0.271 e. The van der Waals surface area contributed by atoms with E-state index >= 15 is 0 Å². The molecule has 0 saturated carbocycles. The Hall–Kier alpha value is -2.71. The average molecular weight is 388 g/mol. The SMILES string of the molecule is Cc1cc([N+](=O)[O-])cc(S(=O)(=O)N(C)C(C)c2cc3ccccc3o2)c1C. The molecule has 2 aromatic carbocycles. The highest BCUT2D eigenvalue weighted by molar-refractivity contribution is 7.89. The van der Waals surface area contributed by atoms with Gasteiger partial charge in [-0.2, -0.15) is 4.31 Å². The Morgan fingerprint density at radius 2 is 1.81 bits per heavy atom. The lowest BCUT2D eigenvalue weighted by molar-refractivity contribution is -0.385. The second kappa shape index (κ2) is 6.79. The number of nitro groups is 1. The smallest absolute Gasteiger partial charge is 0.271 e. The second-order valence-corrected chi connectivity index (χ2v) is 8.49. The zero-order chi connectivity index (χ0) is 19.9. The Morgan fingerprint density at radius 1 is 1.15 bits per heavy atom. The summed E-state index contributed by atoms with van der Waals surface area (Å²) in [5.41, 5.74) is 1.46. The van der Waals surface area contributed by atoms with Crippen molar-refractivity contribution in [2.24, 2.45) is 0 Å². The lowest BCUT2D eigenvalue weighted by Gasteiger charge is -2.24. The number of rotatable bonds is 5. The number of benzene rings is 2. The summed E-state index contributed by atoms with van der Waals surface area (Å²) in [6.45, 7) is 5.02. The Balaban J connectivity index is 2.05. The predicted molar refractivity (Wildman–Crippen MR) is 102 cm³/mol. The molecule has 1 heterocycles. The standard InChI is InChI=1S/C19H20N2O5S/c1-12-9-16(21(22)23)11-19(13(12)2)27(24,25)20(4)14(3)18-10-15-7-5-6-8-17(15)26-18/h5-11,14H,1-4H3. The fourth-order valence-electron chi connectivity index (χ4n) is 2.93. The molecule has 0 N–H and O–H groups in total. The fraction of sp³-hybridized carbons (Fsp3) is 0.263. The van der Waals surface area contributed by atoms with Gasteiger partial charge in [-0.05, 0) is 44.0 Å². The molecule has 1 aromatic heterocycles. The van der Waals surface area contributed by atoms with Gasteiger partial charge in [-0.15, -0.1) is 0 Å². The second-order valence-electron chi connectivity index (χ2n) is 6.53. The van der Waals surface area contributed by atoms with Crippen LogP contribution in [0.15, 0.2) is 51.8 Å². The maximum atomic E-state index is 13.2. The molecule has 27 heavy (non-hydrogen) atoms. The number of furan rings is 1. The van der Waals surface area contributed by atoms with Gasteiger partial charge in [0.1, 0.15) is 11.3 Å². The van der Waals surface area contributed by atoms with E-state index in [2.05, 4.69) is 0 Å². The number of non-ortho nitro benzene ring substituents is 1. The Bertz CT molecular complexity index is 1100. The van der Waals surface area contributed by atoms with Gasteiger partial charge in [0, 0.05) is 24.6 Å². The van der Waals surface area contributed by atoms with Gasteiger partial charge in [0.15, 0.2) is 0 Å². The molecule has 0 bridgehead atoms. The van der Waals surface area contributed by atoms with E-state index in [1.807, 2.05) is 24.3 Å². The molecule has 1 atom stereocenters. The molecule has 0 radical (unpaired) electrons. The van der Waals surface area contributed by atoms with E-state index in [0.717, 1.165) is 11.5 Å². The topological polar surface area (TPSA) is 93.7 Å². The van der Waals surface area contributed by atoms with Crippen LogP contribution in [0, 0.1) is 24.0 Å². The molecule has 3 aromatic rings. The van der Waals surface area contributed by atoms with Gasteiger partial charge >= 0.3 is 0 Å². The minimum Gasteiger partial charge on any atom is -0.459 e. The number of nitrogens with zero attached hydrogens (tertiary/aromatic N) is 2. The third kappa shape index (κ3) is 3.33. The van der Waals surface area contributed by atoms with Crippen molar-refractivity contribution >= 4 is 26.7 Å². The molecule has 0 amide bonds. The summed E-state index contributed by atoms with van der Waals surface area (Å²) in [5, 5.41) is 12.0. The van der Waals surface area contributed by atoms with Gasteiger partial charge in [-0.3, -0.25) is 10.1 Å². The van der Waals surface area contributed by atoms with Gasteiger partial charge in [0.25, 0.3) is 5.69 Å². The largest absolute Gasteiger partial charge is 0.459 e. The molecular formula is C19H20N2O5S. The summed E-state index contributed by atoms with van der Waals surface area (Å²) in [5.74, 6) is 0.502. The van der Waals surface area contributed by atoms with Crippen LogP contribution in [0.3, 0.4) is 0 Å². The minimum atomic E-state index is -3.96. The summed E-state index contributed by atoms with van der Waals surface area (Å²) in [6, 6.07) is 11.1. The quantitative estimate of drug-likeness (QED) is 0.479. The number of sulfonamides is 1. The van der Waals surface area contributed by atoms with E-state index in [9.17, 15) is 18.5 Å². The van der Waals surface area contributed by atoms with Crippen molar-refractivity contribution in [1.82, 2.24) is 4.31 Å². The monoisotopic (exact) mass is 388 g/mol. The molecular weight excluding hydrogens is 368 g/mol. The van der Waals surface area contributed by atoms with Crippen molar-refractivity contribution in [3.8, 4) is 0 Å². The predicted octanol–water partition coefficient (Wildman–Crippen LogP) is 4.34. The van der Waals surface area contributed by atoms with Crippen LogP contribution < -0.4 is 0 Å². The Morgan fingerprint density at radius 3 is 2.44 bits per heavy atom. The molecule has 8 heteroatoms. The highest BCUT2D eigenvalue weighted by Crippen LogP contribution is 2.33. The van der Waals surface area contributed by atoms with Crippen molar-refractivity contribution in [2.75, 3.05) is 7.05 Å². The van der Waals surface area contributed by atoms with Gasteiger partial charge in [-0.25, -0.2) is 8.42 Å². The highest BCUT2D eigenvalue weighted by Gasteiger charge is 2.31. The van der Waals surface area contributed by atoms with Crippen molar-refractivity contribution in [2.45, 2.75) is 31.7 Å². The first-order valence-electron chi connectivity index (χ1n) is 8.35. The van der Waals surface area contributed by atoms with Crippen LogP contribution in [0.25, 0.3) is 11.0 Å².